The zero-order chi connectivity index (χ0) is 29.1. The van der Waals surface area contributed by atoms with E-state index in [1.54, 1.807) is 49.4 Å². The Bertz CT molecular complexity index is 1730. The number of aryl methyl sites for hydroxylation is 2. The fourth-order valence-corrected chi connectivity index (χ4v) is 5.92. The van der Waals surface area contributed by atoms with Crippen molar-refractivity contribution in [1.82, 2.24) is 5.01 Å². The van der Waals surface area contributed by atoms with E-state index in [0.717, 1.165) is 11.1 Å². The molecule has 0 aliphatic carbocycles. The number of ether oxygens (including phenoxy) is 1. The lowest BCUT2D eigenvalue weighted by Gasteiger charge is -2.19. The molecule has 1 aliphatic rings. The number of benzene rings is 3. The lowest BCUT2D eigenvalue weighted by molar-refractivity contribution is -0.136. The minimum absolute atomic E-state index is 0.0117. The van der Waals surface area contributed by atoms with Gasteiger partial charge in [-0.3, -0.25) is 9.52 Å². The molecular weight excluding hydrogens is 566 g/mol. The van der Waals surface area contributed by atoms with Gasteiger partial charge in [-0.05, 0) is 79.1 Å². The monoisotopic (exact) mass is 591 g/mol. The van der Waals surface area contributed by atoms with Gasteiger partial charge in [0.15, 0.2) is 6.61 Å². The average Bonchev–Trinajstić information content (AvgIpc) is 3.62. The molecule has 1 aliphatic heterocycles. The number of hydrogen-bond acceptors (Lipinski definition) is 7. The quantitative estimate of drug-likeness (QED) is 0.255. The van der Waals surface area contributed by atoms with Gasteiger partial charge in [-0.1, -0.05) is 41.9 Å². The van der Waals surface area contributed by atoms with Gasteiger partial charge < -0.3 is 9.15 Å². The number of carbonyl (C=O) groups is 2. The van der Waals surface area contributed by atoms with Gasteiger partial charge in [-0.15, -0.1) is 0 Å². The van der Waals surface area contributed by atoms with Crippen molar-refractivity contribution in [2.24, 2.45) is 5.10 Å². The molecule has 3 aromatic carbocycles. The van der Waals surface area contributed by atoms with Crippen LogP contribution in [0.5, 0.6) is 0 Å². The Hall–Kier alpha value is -4.41. The molecule has 0 bridgehead atoms. The predicted molar refractivity (Wildman–Crippen MR) is 154 cm³/mol. The molecule has 5 rings (SSSR count). The van der Waals surface area contributed by atoms with Crippen LogP contribution in [-0.4, -0.2) is 37.6 Å². The van der Waals surface area contributed by atoms with Gasteiger partial charge in [0.2, 0.25) is 0 Å². The predicted octanol–water partition coefficient (Wildman–Crippen LogP) is 5.89. The number of anilines is 1. The number of hydrazone groups is 1. The van der Waals surface area contributed by atoms with Gasteiger partial charge in [0.05, 0.1) is 22.4 Å². The van der Waals surface area contributed by atoms with E-state index < -0.39 is 34.5 Å². The van der Waals surface area contributed by atoms with Crippen molar-refractivity contribution in [3.05, 3.63) is 118 Å². The van der Waals surface area contributed by atoms with Crippen LogP contribution in [0, 0.1) is 13.8 Å². The third-order valence-corrected chi connectivity index (χ3v) is 8.30. The molecule has 210 valence electrons. The number of hydrogen-bond donors (Lipinski definition) is 1. The first-order valence-electron chi connectivity index (χ1n) is 12.7. The van der Waals surface area contributed by atoms with E-state index in [-0.39, 0.29) is 10.5 Å². The summed E-state index contributed by atoms with van der Waals surface area (Å²) in [5, 5.41) is 6.32. The second-order valence-electron chi connectivity index (χ2n) is 9.56. The fraction of sp³-hybridized carbons (Fsp3) is 0.167. The van der Waals surface area contributed by atoms with Crippen molar-refractivity contribution in [2.75, 3.05) is 11.3 Å². The van der Waals surface area contributed by atoms with Gasteiger partial charge in [-0.25, -0.2) is 18.2 Å². The van der Waals surface area contributed by atoms with Crippen molar-refractivity contribution >= 4 is 44.9 Å². The highest BCUT2D eigenvalue weighted by Crippen LogP contribution is 2.33. The van der Waals surface area contributed by atoms with E-state index in [0.29, 0.717) is 34.2 Å². The number of amides is 1. The number of nitrogens with zero attached hydrogens (tertiary/aromatic N) is 2. The molecule has 2 heterocycles. The van der Waals surface area contributed by atoms with Crippen LogP contribution < -0.4 is 4.72 Å². The summed E-state index contributed by atoms with van der Waals surface area (Å²) in [6.07, 6.45) is 1.90. The molecule has 0 radical (unpaired) electrons. The maximum absolute atomic E-state index is 13.2. The van der Waals surface area contributed by atoms with Crippen LogP contribution in [0.25, 0.3) is 0 Å². The van der Waals surface area contributed by atoms with Gasteiger partial charge in [0.1, 0.15) is 11.8 Å². The first-order chi connectivity index (χ1) is 19.6. The molecule has 0 fully saturated rings. The molecule has 4 aromatic rings. The molecule has 11 heteroatoms. The molecule has 9 nitrogen and oxygen atoms in total. The van der Waals surface area contributed by atoms with Crippen LogP contribution in [0.3, 0.4) is 0 Å². The highest BCUT2D eigenvalue weighted by atomic mass is 35.5. The number of nitrogens with one attached hydrogen (secondary N) is 1. The Morgan fingerprint density at radius 2 is 1.83 bits per heavy atom. The molecule has 1 amide bonds. The number of sulfonamides is 1. The van der Waals surface area contributed by atoms with Crippen LogP contribution >= 0.6 is 11.6 Å². The first kappa shape index (κ1) is 28.1. The molecular formula is C30H26ClN3O6S. The van der Waals surface area contributed by atoms with E-state index in [1.165, 1.54) is 29.5 Å². The topological polar surface area (TPSA) is 118 Å². The largest absolute Gasteiger partial charge is 0.467 e. The number of furan rings is 1. The van der Waals surface area contributed by atoms with Crippen molar-refractivity contribution in [1.29, 1.82) is 0 Å². The molecule has 1 atom stereocenters. The minimum atomic E-state index is -4.00. The summed E-state index contributed by atoms with van der Waals surface area (Å²) in [7, 11) is -4.00. The Balaban J connectivity index is 1.31. The molecule has 1 N–H and O–H groups in total. The Labute approximate surface area is 242 Å². The number of halogens is 1. The summed E-state index contributed by atoms with van der Waals surface area (Å²) in [6, 6.07) is 21.2. The summed E-state index contributed by atoms with van der Waals surface area (Å²) in [5.41, 5.74) is 3.17. The van der Waals surface area contributed by atoms with E-state index in [2.05, 4.69) is 9.82 Å². The highest BCUT2D eigenvalue weighted by molar-refractivity contribution is 7.92. The Morgan fingerprint density at radius 3 is 2.54 bits per heavy atom. The fourth-order valence-electron chi connectivity index (χ4n) is 4.47. The third kappa shape index (κ3) is 6.34. The highest BCUT2D eigenvalue weighted by Gasteiger charge is 2.35. The minimum Gasteiger partial charge on any atom is -0.467 e. The molecule has 1 aromatic heterocycles. The zero-order valence-electron chi connectivity index (χ0n) is 22.2. The Morgan fingerprint density at radius 1 is 1.05 bits per heavy atom. The standard InChI is InChI=1S/C30H26ClN3O6S/c1-19-5-3-6-24(15-19)33-41(37,38)28-16-22(9-8-20(28)2)30(36)40-18-29(35)34-26(27-7-4-14-39-27)17-25(32-34)21-10-12-23(31)13-11-21/h3-16,26,33H,17-18H2,1-2H3/t26-/m1/s1. The van der Waals surface area contributed by atoms with E-state index in [4.69, 9.17) is 20.8 Å². The van der Waals surface area contributed by atoms with Crippen molar-refractivity contribution in [3.63, 3.8) is 0 Å². The normalized spacial score (nSPS) is 15.0. The summed E-state index contributed by atoms with van der Waals surface area (Å²) in [5.74, 6) is -0.877. The smallest absolute Gasteiger partial charge is 0.338 e. The molecule has 0 spiro atoms. The summed E-state index contributed by atoms with van der Waals surface area (Å²) >= 11 is 6.01. The number of carbonyl (C=O) groups excluding carboxylic acids is 2. The average molecular weight is 592 g/mol. The molecule has 0 saturated carbocycles. The van der Waals surface area contributed by atoms with Crippen LogP contribution in [0.4, 0.5) is 5.69 Å². The molecule has 0 unspecified atom stereocenters. The molecule has 0 saturated heterocycles. The van der Waals surface area contributed by atoms with E-state index in [9.17, 15) is 18.0 Å². The maximum atomic E-state index is 13.2. The lowest BCUT2D eigenvalue weighted by atomic mass is 10.0. The Kier molecular flexibility index (Phi) is 7.96. The summed E-state index contributed by atoms with van der Waals surface area (Å²) < 4.78 is 39.6. The maximum Gasteiger partial charge on any atom is 0.338 e. The van der Waals surface area contributed by atoms with Gasteiger partial charge in [0.25, 0.3) is 15.9 Å². The second kappa shape index (κ2) is 11.6. The third-order valence-electron chi connectivity index (χ3n) is 6.53. The van der Waals surface area contributed by atoms with Crippen LogP contribution in [-0.2, 0) is 19.6 Å². The van der Waals surface area contributed by atoms with Gasteiger partial charge >= 0.3 is 5.97 Å². The SMILES string of the molecule is Cc1cccc(NS(=O)(=O)c2cc(C(=O)OCC(=O)N3N=C(c4ccc(Cl)cc4)C[C@@H]3c3ccco3)ccc2C)c1. The van der Waals surface area contributed by atoms with Gasteiger partial charge in [-0.2, -0.15) is 5.10 Å². The van der Waals surface area contributed by atoms with Crippen molar-refractivity contribution in [3.8, 4) is 0 Å². The summed E-state index contributed by atoms with van der Waals surface area (Å²) in [4.78, 5) is 26.0. The number of esters is 1. The number of rotatable bonds is 8. The van der Waals surface area contributed by atoms with E-state index >= 15 is 0 Å². The summed E-state index contributed by atoms with van der Waals surface area (Å²) in [6.45, 7) is 2.87. The second-order valence-corrected chi connectivity index (χ2v) is 11.6. The van der Waals surface area contributed by atoms with Gasteiger partial charge in [0, 0.05) is 17.1 Å². The molecule has 41 heavy (non-hydrogen) atoms. The lowest BCUT2D eigenvalue weighted by Crippen LogP contribution is -2.31. The van der Waals surface area contributed by atoms with Crippen molar-refractivity contribution in [2.45, 2.75) is 31.2 Å². The first-order valence-corrected chi connectivity index (χ1v) is 14.5. The zero-order valence-corrected chi connectivity index (χ0v) is 23.8. The van der Waals surface area contributed by atoms with E-state index in [1.807, 2.05) is 25.1 Å². The van der Waals surface area contributed by atoms with Crippen LogP contribution in [0.1, 0.15) is 45.3 Å². The van der Waals surface area contributed by atoms with Crippen LogP contribution in [0.2, 0.25) is 5.02 Å². The van der Waals surface area contributed by atoms with Crippen LogP contribution in [0.15, 0.2) is 99.5 Å². The van der Waals surface area contributed by atoms with Crippen molar-refractivity contribution < 1.29 is 27.2 Å².